The summed E-state index contributed by atoms with van der Waals surface area (Å²) in [7, 11) is 0. The van der Waals surface area contributed by atoms with Crippen molar-refractivity contribution in [2.75, 3.05) is 5.01 Å². The first-order chi connectivity index (χ1) is 8.36. The molecular formula is C14H12N2O. The van der Waals surface area contributed by atoms with Crippen molar-refractivity contribution in [3.05, 3.63) is 65.7 Å². The minimum Gasteiger partial charge on any atom is -0.368 e. The fourth-order valence-electron chi connectivity index (χ4n) is 1.97. The van der Waals surface area contributed by atoms with Crippen molar-refractivity contribution < 1.29 is 5.11 Å². The molecule has 1 aliphatic heterocycles. The van der Waals surface area contributed by atoms with Gasteiger partial charge in [0.05, 0.1) is 11.9 Å². The maximum absolute atomic E-state index is 10.3. The lowest BCUT2D eigenvalue weighted by molar-refractivity contribution is 0.171. The smallest absolute Gasteiger partial charge is 0.174 e. The van der Waals surface area contributed by atoms with Crippen molar-refractivity contribution in [3.8, 4) is 0 Å². The Morgan fingerprint density at radius 1 is 0.941 bits per heavy atom. The second-order valence-corrected chi connectivity index (χ2v) is 3.93. The molecule has 1 unspecified atom stereocenters. The summed E-state index contributed by atoms with van der Waals surface area (Å²) in [6.07, 6.45) is 1.05. The number of nitrogens with zero attached hydrogens (tertiary/aromatic N) is 2. The molecule has 3 nitrogen and oxygen atoms in total. The van der Waals surface area contributed by atoms with Crippen molar-refractivity contribution >= 4 is 11.9 Å². The number of hydrogen-bond donors (Lipinski definition) is 1. The molecule has 2 aromatic carbocycles. The first kappa shape index (κ1) is 10.1. The summed E-state index contributed by atoms with van der Waals surface area (Å²) in [4.78, 5) is 0. The maximum atomic E-state index is 10.3. The molecule has 17 heavy (non-hydrogen) atoms. The van der Waals surface area contributed by atoms with Crippen LogP contribution in [0.15, 0.2) is 59.7 Å². The van der Waals surface area contributed by atoms with Crippen LogP contribution in [0.5, 0.6) is 0 Å². The molecule has 0 amide bonds. The zero-order chi connectivity index (χ0) is 11.7. The van der Waals surface area contributed by atoms with Crippen LogP contribution in [-0.4, -0.2) is 11.3 Å². The number of aliphatic hydroxyl groups is 1. The van der Waals surface area contributed by atoms with Gasteiger partial charge in [0.25, 0.3) is 0 Å². The highest BCUT2D eigenvalue weighted by Crippen LogP contribution is 2.29. The van der Waals surface area contributed by atoms with E-state index in [0.717, 1.165) is 16.8 Å². The molecule has 0 aliphatic carbocycles. The van der Waals surface area contributed by atoms with Gasteiger partial charge in [-0.05, 0) is 12.1 Å². The van der Waals surface area contributed by atoms with Gasteiger partial charge in [0.1, 0.15) is 0 Å². The fourth-order valence-corrected chi connectivity index (χ4v) is 1.97. The van der Waals surface area contributed by atoms with Gasteiger partial charge < -0.3 is 5.11 Å². The Labute approximate surface area is 99.6 Å². The van der Waals surface area contributed by atoms with Gasteiger partial charge in [-0.2, -0.15) is 5.10 Å². The standard InChI is InChI=1S/C14H12N2O/c17-14-13-9-5-4-6-11(13)10-15-16(14)12-7-2-1-3-8-12/h1-10,14,17H. The highest BCUT2D eigenvalue weighted by Gasteiger charge is 2.22. The van der Waals surface area contributed by atoms with Gasteiger partial charge in [-0.1, -0.05) is 42.5 Å². The van der Waals surface area contributed by atoms with Crippen molar-refractivity contribution in [1.29, 1.82) is 0 Å². The molecule has 1 heterocycles. The van der Waals surface area contributed by atoms with Crippen LogP contribution in [0.4, 0.5) is 5.69 Å². The highest BCUT2D eigenvalue weighted by molar-refractivity contribution is 5.84. The number of para-hydroxylation sites is 1. The molecule has 84 valence electrons. The molecule has 0 bridgehead atoms. The van der Waals surface area contributed by atoms with Crippen LogP contribution in [0, 0.1) is 0 Å². The van der Waals surface area contributed by atoms with Crippen molar-refractivity contribution in [2.45, 2.75) is 6.23 Å². The minimum atomic E-state index is -0.724. The van der Waals surface area contributed by atoms with Crippen LogP contribution in [0.25, 0.3) is 0 Å². The van der Waals surface area contributed by atoms with E-state index >= 15 is 0 Å². The van der Waals surface area contributed by atoms with E-state index in [0.29, 0.717) is 0 Å². The van der Waals surface area contributed by atoms with Crippen LogP contribution < -0.4 is 5.01 Å². The number of anilines is 1. The van der Waals surface area contributed by atoms with Gasteiger partial charge in [0.15, 0.2) is 6.23 Å². The molecule has 1 aliphatic rings. The van der Waals surface area contributed by atoms with Gasteiger partial charge in [-0.25, -0.2) is 5.01 Å². The molecule has 0 radical (unpaired) electrons. The molecule has 3 rings (SSSR count). The van der Waals surface area contributed by atoms with Crippen LogP contribution in [-0.2, 0) is 0 Å². The van der Waals surface area contributed by atoms with E-state index in [2.05, 4.69) is 5.10 Å². The molecule has 1 atom stereocenters. The Hall–Kier alpha value is -2.13. The van der Waals surface area contributed by atoms with E-state index in [1.165, 1.54) is 0 Å². The highest BCUT2D eigenvalue weighted by atomic mass is 16.3. The molecule has 0 fully saturated rings. The third-order valence-electron chi connectivity index (χ3n) is 2.85. The SMILES string of the molecule is OC1c2ccccc2C=NN1c1ccccc1. The van der Waals surface area contributed by atoms with Gasteiger partial charge in [-0.3, -0.25) is 0 Å². The zero-order valence-electron chi connectivity index (χ0n) is 9.19. The topological polar surface area (TPSA) is 35.8 Å². The van der Waals surface area contributed by atoms with Gasteiger partial charge in [0, 0.05) is 11.1 Å². The van der Waals surface area contributed by atoms with Crippen molar-refractivity contribution in [3.63, 3.8) is 0 Å². The Bertz CT molecular complexity index is 551. The normalized spacial score (nSPS) is 17.9. The molecule has 0 saturated carbocycles. The molecule has 2 aromatic rings. The largest absolute Gasteiger partial charge is 0.368 e. The first-order valence-electron chi connectivity index (χ1n) is 5.51. The Morgan fingerprint density at radius 3 is 2.47 bits per heavy atom. The van der Waals surface area contributed by atoms with E-state index in [1.807, 2.05) is 54.6 Å². The van der Waals surface area contributed by atoms with E-state index in [4.69, 9.17) is 0 Å². The Morgan fingerprint density at radius 2 is 1.65 bits per heavy atom. The summed E-state index contributed by atoms with van der Waals surface area (Å²) < 4.78 is 0. The number of fused-ring (bicyclic) bond motifs is 1. The minimum absolute atomic E-state index is 0.724. The lowest BCUT2D eigenvalue weighted by atomic mass is 10.1. The van der Waals surface area contributed by atoms with Crippen molar-refractivity contribution in [1.82, 2.24) is 0 Å². The summed E-state index contributed by atoms with van der Waals surface area (Å²) >= 11 is 0. The summed E-state index contributed by atoms with van der Waals surface area (Å²) in [6.45, 7) is 0. The second kappa shape index (κ2) is 4.03. The first-order valence-corrected chi connectivity index (χ1v) is 5.51. The number of rotatable bonds is 1. The molecule has 0 saturated heterocycles. The monoisotopic (exact) mass is 224 g/mol. The average molecular weight is 224 g/mol. The van der Waals surface area contributed by atoms with E-state index in [9.17, 15) is 5.11 Å². The predicted octanol–water partition coefficient (Wildman–Crippen LogP) is 2.53. The van der Waals surface area contributed by atoms with E-state index in [1.54, 1.807) is 11.2 Å². The van der Waals surface area contributed by atoms with Crippen LogP contribution >= 0.6 is 0 Å². The Kier molecular flexibility index (Phi) is 2.38. The summed E-state index contributed by atoms with van der Waals surface area (Å²) in [6, 6.07) is 17.4. The Balaban J connectivity index is 2.03. The van der Waals surface area contributed by atoms with Gasteiger partial charge in [0.2, 0.25) is 0 Å². The van der Waals surface area contributed by atoms with Gasteiger partial charge >= 0.3 is 0 Å². The van der Waals surface area contributed by atoms with Crippen LogP contribution in [0.2, 0.25) is 0 Å². The lowest BCUT2D eigenvalue weighted by Crippen LogP contribution is -2.27. The third kappa shape index (κ3) is 1.70. The number of hydrogen-bond acceptors (Lipinski definition) is 3. The van der Waals surface area contributed by atoms with Crippen molar-refractivity contribution in [2.24, 2.45) is 5.10 Å². The number of benzene rings is 2. The second-order valence-electron chi connectivity index (χ2n) is 3.93. The zero-order valence-corrected chi connectivity index (χ0v) is 9.19. The number of aliphatic hydroxyl groups excluding tert-OH is 1. The van der Waals surface area contributed by atoms with E-state index < -0.39 is 6.23 Å². The van der Waals surface area contributed by atoms with Crippen LogP contribution in [0.3, 0.4) is 0 Å². The molecular weight excluding hydrogens is 212 g/mol. The van der Waals surface area contributed by atoms with E-state index in [-0.39, 0.29) is 0 Å². The molecule has 3 heteroatoms. The average Bonchev–Trinajstić information content (AvgIpc) is 2.40. The summed E-state index contributed by atoms with van der Waals surface area (Å²) in [5.41, 5.74) is 2.73. The fraction of sp³-hybridized carbons (Fsp3) is 0.0714. The number of hydrazone groups is 1. The lowest BCUT2D eigenvalue weighted by Gasteiger charge is -2.29. The summed E-state index contributed by atoms with van der Waals surface area (Å²) in [5, 5.41) is 16.2. The third-order valence-corrected chi connectivity index (χ3v) is 2.85. The predicted molar refractivity (Wildman–Crippen MR) is 67.9 cm³/mol. The quantitative estimate of drug-likeness (QED) is 0.808. The van der Waals surface area contributed by atoms with Gasteiger partial charge in [-0.15, -0.1) is 0 Å². The van der Waals surface area contributed by atoms with Crippen LogP contribution in [0.1, 0.15) is 17.4 Å². The summed E-state index contributed by atoms with van der Waals surface area (Å²) in [5.74, 6) is 0. The molecule has 1 N–H and O–H groups in total. The molecule has 0 spiro atoms. The maximum Gasteiger partial charge on any atom is 0.174 e. The molecule has 0 aromatic heterocycles.